The molecule has 1 aromatic rings. The lowest BCUT2D eigenvalue weighted by Gasteiger charge is -2.18. The van der Waals surface area contributed by atoms with Crippen LogP contribution in [0.1, 0.15) is 37.0 Å². The van der Waals surface area contributed by atoms with Gasteiger partial charge >= 0.3 is 5.97 Å². The molecule has 1 aromatic heterocycles. The van der Waals surface area contributed by atoms with Crippen LogP contribution in [0.4, 0.5) is 0 Å². The molecule has 0 aliphatic rings. The van der Waals surface area contributed by atoms with Crippen LogP contribution in [-0.4, -0.2) is 28.5 Å². The van der Waals surface area contributed by atoms with Crippen LogP contribution in [-0.2, 0) is 4.79 Å². The Morgan fingerprint density at radius 3 is 2.71 bits per heavy atom. The number of carbonyl (C=O) groups is 2. The third-order valence-corrected chi connectivity index (χ3v) is 3.60. The van der Waals surface area contributed by atoms with E-state index in [0.29, 0.717) is 16.9 Å². The second-order valence-corrected chi connectivity index (χ2v) is 6.57. The summed E-state index contributed by atoms with van der Waals surface area (Å²) in [5, 5.41) is 11.8. The van der Waals surface area contributed by atoms with Gasteiger partial charge in [0.1, 0.15) is 5.15 Å². The first-order valence-electron chi connectivity index (χ1n) is 6.60. The molecule has 0 aromatic carbocycles. The first kappa shape index (κ1) is 17.9. The van der Waals surface area contributed by atoms with E-state index in [1.807, 2.05) is 13.8 Å². The van der Waals surface area contributed by atoms with Gasteiger partial charge in [-0.3, -0.25) is 9.59 Å². The van der Waals surface area contributed by atoms with Crippen LogP contribution in [0.25, 0.3) is 0 Å². The highest BCUT2D eigenvalue weighted by Crippen LogP contribution is 2.19. The van der Waals surface area contributed by atoms with E-state index in [2.05, 4.69) is 26.2 Å². The van der Waals surface area contributed by atoms with E-state index >= 15 is 0 Å². The number of hydrogen-bond donors (Lipinski definition) is 2. The number of pyridine rings is 1. The van der Waals surface area contributed by atoms with E-state index in [9.17, 15) is 9.59 Å². The summed E-state index contributed by atoms with van der Waals surface area (Å²) >= 11 is 9.12. The minimum atomic E-state index is -0.864. The van der Waals surface area contributed by atoms with Crippen LogP contribution in [0.15, 0.2) is 16.7 Å². The van der Waals surface area contributed by atoms with Crippen LogP contribution < -0.4 is 5.32 Å². The van der Waals surface area contributed by atoms with Crippen molar-refractivity contribution in [2.24, 2.45) is 11.8 Å². The number of nitrogens with zero attached hydrogens (tertiary/aromatic N) is 1. The Balaban J connectivity index is 2.68. The molecule has 0 spiro atoms. The van der Waals surface area contributed by atoms with Gasteiger partial charge < -0.3 is 10.4 Å². The zero-order valence-corrected chi connectivity index (χ0v) is 14.2. The van der Waals surface area contributed by atoms with Gasteiger partial charge in [-0.15, -0.1) is 0 Å². The summed E-state index contributed by atoms with van der Waals surface area (Å²) in [6, 6.07) is 1.58. The molecule has 1 rings (SSSR count). The lowest BCUT2D eigenvalue weighted by Crippen LogP contribution is -2.31. The number of carbonyl (C=O) groups excluding carboxylic acids is 1. The number of rotatable bonds is 7. The van der Waals surface area contributed by atoms with Gasteiger partial charge in [0.15, 0.2) is 0 Å². The van der Waals surface area contributed by atoms with Gasteiger partial charge in [-0.2, -0.15) is 0 Å². The molecule has 1 heterocycles. The minimum Gasteiger partial charge on any atom is -0.481 e. The van der Waals surface area contributed by atoms with E-state index in [1.165, 1.54) is 6.20 Å². The van der Waals surface area contributed by atoms with Crippen molar-refractivity contribution < 1.29 is 14.7 Å². The zero-order valence-electron chi connectivity index (χ0n) is 11.9. The fourth-order valence-electron chi connectivity index (χ4n) is 2.07. The number of halogens is 2. The molecule has 5 nitrogen and oxygen atoms in total. The molecule has 1 atom stereocenters. The Morgan fingerprint density at radius 2 is 2.14 bits per heavy atom. The Morgan fingerprint density at radius 1 is 1.48 bits per heavy atom. The summed E-state index contributed by atoms with van der Waals surface area (Å²) in [5.41, 5.74) is 0.268. The van der Waals surface area contributed by atoms with E-state index in [1.54, 1.807) is 6.07 Å². The number of amides is 1. The Labute approximate surface area is 137 Å². The number of carboxylic acid groups (broad SMARTS) is 1. The maximum absolute atomic E-state index is 12.1. The topological polar surface area (TPSA) is 79.3 Å². The van der Waals surface area contributed by atoms with Gasteiger partial charge in [0, 0.05) is 23.6 Å². The highest BCUT2D eigenvalue weighted by Gasteiger charge is 2.18. The minimum absolute atomic E-state index is 0.0307. The molecule has 0 bridgehead atoms. The third-order valence-electron chi connectivity index (χ3n) is 2.87. The van der Waals surface area contributed by atoms with Crippen molar-refractivity contribution in [3.05, 3.63) is 27.5 Å². The summed E-state index contributed by atoms with van der Waals surface area (Å²) in [5.74, 6) is -0.960. The summed E-state index contributed by atoms with van der Waals surface area (Å²) in [4.78, 5) is 26.8. The number of aliphatic carboxylic acids is 1. The van der Waals surface area contributed by atoms with Gasteiger partial charge in [0.05, 0.1) is 5.56 Å². The van der Waals surface area contributed by atoms with Gasteiger partial charge in [-0.1, -0.05) is 25.4 Å². The molecular formula is C14H18BrClN2O3. The fourth-order valence-corrected chi connectivity index (χ4v) is 2.59. The standard InChI is InChI=1S/C14H18BrClN2O3/c1-8(2)3-9(4-12(19)20)6-18-14(21)11-5-10(15)7-17-13(11)16/h5,7-9H,3-4,6H2,1-2H3,(H,18,21)(H,19,20). The molecule has 1 amide bonds. The summed E-state index contributed by atoms with van der Waals surface area (Å²) in [6.07, 6.45) is 2.27. The molecule has 0 radical (unpaired) electrons. The van der Waals surface area contributed by atoms with Crippen molar-refractivity contribution in [1.82, 2.24) is 10.3 Å². The van der Waals surface area contributed by atoms with Crippen LogP contribution in [0, 0.1) is 11.8 Å². The van der Waals surface area contributed by atoms with Gasteiger partial charge in [-0.25, -0.2) is 4.98 Å². The highest BCUT2D eigenvalue weighted by molar-refractivity contribution is 9.10. The lowest BCUT2D eigenvalue weighted by atomic mass is 9.94. The van der Waals surface area contributed by atoms with E-state index < -0.39 is 5.97 Å². The number of carboxylic acids is 1. The van der Waals surface area contributed by atoms with Crippen LogP contribution >= 0.6 is 27.5 Å². The smallest absolute Gasteiger partial charge is 0.303 e. The molecule has 2 N–H and O–H groups in total. The van der Waals surface area contributed by atoms with E-state index in [4.69, 9.17) is 16.7 Å². The highest BCUT2D eigenvalue weighted by atomic mass is 79.9. The molecule has 21 heavy (non-hydrogen) atoms. The molecule has 0 aliphatic heterocycles. The summed E-state index contributed by atoms with van der Waals surface area (Å²) < 4.78 is 0.654. The van der Waals surface area contributed by atoms with Crippen molar-refractivity contribution in [1.29, 1.82) is 0 Å². The monoisotopic (exact) mass is 376 g/mol. The van der Waals surface area contributed by atoms with Crippen LogP contribution in [0.3, 0.4) is 0 Å². The molecule has 116 valence electrons. The second kappa shape index (κ2) is 8.34. The van der Waals surface area contributed by atoms with Gasteiger partial charge in [0.25, 0.3) is 5.91 Å². The van der Waals surface area contributed by atoms with Crippen molar-refractivity contribution in [3.8, 4) is 0 Å². The zero-order chi connectivity index (χ0) is 16.0. The number of aromatic nitrogens is 1. The maximum Gasteiger partial charge on any atom is 0.303 e. The predicted molar refractivity (Wildman–Crippen MR) is 84.5 cm³/mol. The summed E-state index contributed by atoms with van der Waals surface area (Å²) in [6.45, 7) is 4.34. The molecular weight excluding hydrogens is 360 g/mol. The Bertz CT molecular complexity index is 523. The number of nitrogens with one attached hydrogen (secondary N) is 1. The van der Waals surface area contributed by atoms with E-state index in [-0.39, 0.29) is 29.0 Å². The molecule has 0 saturated heterocycles. The molecule has 0 saturated carbocycles. The SMILES string of the molecule is CC(C)CC(CNC(=O)c1cc(Br)cnc1Cl)CC(=O)O. The average Bonchev–Trinajstić information content (AvgIpc) is 2.37. The van der Waals surface area contributed by atoms with Crippen molar-refractivity contribution >= 4 is 39.4 Å². The number of hydrogen-bond acceptors (Lipinski definition) is 3. The lowest BCUT2D eigenvalue weighted by molar-refractivity contribution is -0.138. The van der Waals surface area contributed by atoms with Gasteiger partial charge in [-0.05, 0) is 40.3 Å². The molecule has 0 fully saturated rings. The van der Waals surface area contributed by atoms with Crippen molar-refractivity contribution in [3.63, 3.8) is 0 Å². The Hall–Kier alpha value is -1.14. The molecule has 7 heteroatoms. The fraction of sp³-hybridized carbons (Fsp3) is 0.500. The Kier molecular flexibility index (Phi) is 7.11. The van der Waals surface area contributed by atoms with Crippen LogP contribution in [0.2, 0.25) is 5.15 Å². The van der Waals surface area contributed by atoms with Crippen molar-refractivity contribution in [2.75, 3.05) is 6.54 Å². The second-order valence-electron chi connectivity index (χ2n) is 5.30. The van der Waals surface area contributed by atoms with Crippen LogP contribution in [0.5, 0.6) is 0 Å². The van der Waals surface area contributed by atoms with Crippen molar-refractivity contribution in [2.45, 2.75) is 26.7 Å². The normalized spacial score (nSPS) is 12.2. The first-order chi connectivity index (χ1) is 9.79. The first-order valence-corrected chi connectivity index (χ1v) is 7.77. The van der Waals surface area contributed by atoms with E-state index in [0.717, 1.165) is 6.42 Å². The summed E-state index contributed by atoms with van der Waals surface area (Å²) in [7, 11) is 0. The largest absolute Gasteiger partial charge is 0.481 e. The third kappa shape index (κ3) is 6.44. The molecule has 0 aliphatic carbocycles. The average molecular weight is 378 g/mol. The molecule has 1 unspecified atom stereocenters. The quantitative estimate of drug-likeness (QED) is 0.714. The maximum atomic E-state index is 12.1. The predicted octanol–water partition coefficient (Wildman–Crippen LogP) is 3.36. The van der Waals surface area contributed by atoms with Gasteiger partial charge in [0.2, 0.25) is 0 Å².